The summed E-state index contributed by atoms with van der Waals surface area (Å²) in [6.07, 6.45) is 0.945. The number of halogens is 2. The third-order valence-electron chi connectivity index (χ3n) is 3.41. The number of likely N-dealkylation sites (tertiary alicyclic amines) is 1. The smallest absolute Gasteiger partial charge is 0.255 e. The minimum absolute atomic E-state index is 0.0639. The van der Waals surface area contributed by atoms with Crippen molar-refractivity contribution < 1.29 is 4.79 Å². The van der Waals surface area contributed by atoms with Gasteiger partial charge in [-0.15, -0.1) is 0 Å². The second kappa shape index (κ2) is 5.47. The number of rotatable bonds is 2. The van der Waals surface area contributed by atoms with E-state index >= 15 is 0 Å². The normalized spacial score (nSPS) is 23.4. The third-order valence-corrected chi connectivity index (χ3v) is 3.98. The summed E-state index contributed by atoms with van der Waals surface area (Å²) in [5.41, 5.74) is 6.13. The van der Waals surface area contributed by atoms with Gasteiger partial charge in [0.05, 0.1) is 10.6 Å². The van der Waals surface area contributed by atoms with Crippen LogP contribution in [-0.4, -0.2) is 29.9 Å². The van der Waals surface area contributed by atoms with Crippen molar-refractivity contribution in [2.45, 2.75) is 19.4 Å². The molecule has 0 saturated carbocycles. The lowest BCUT2D eigenvalue weighted by atomic mass is 10.1. The highest BCUT2D eigenvalue weighted by molar-refractivity contribution is 6.35. The van der Waals surface area contributed by atoms with E-state index in [-0.39, 0.29) is 11.9 Å². The molecule has 0 aliphatic carbocycles. The first-order valence-electron chi connectivity index (χ1n) is 5.99. The van der Waals surface area contributed by atoms with Crippen LogP contribution in [0.3, 0.4) is 0 Å². The Kier molecular flexibility index (Phi) is 4.15. The second-order valence-corrected chi connectivity index (χ2v) is 5.61. The van der Waals surface area contributed by atoms with E-state index in [4.69, 9.17) is 28.9 Å². The van der Waals surface area contributed by atoms with Gasteiger partial charge < -0.3 is 10.6 Å². The average Bonchev–Trinajstić information content (AvgIpc) is 2.73. The molecule has 1 aromatic carbocycles. The molecule has 0 bridgehead atoms. The number of amides is 1. The summed E-state index contributed by atoms with van der Waals surface area (Å²) in [5.74, 6) is 0.313. The Morgan fingerprint density at radius 1 is 1.50 bits per heavy atom. The Hall–Kier alpha value is -0.770. The van der Waals surface area contributed by atoms with E-state index in [1.54, 1.807) is 18.2 Å². The maximum absolute atomic E-state index is 12.4. The van der Waals surface area contributed by atoms with Gasteiger partial charge in [0.1, 0.15) is 0 Å². The van der Waals surface area contributed by atoms with Crippen molar-refractivity contribution in [3.05, 3.63) is 33.8 Å². The van der Waals surface area contributed by atoms with Crippen molar-refractivity contribution in [1.82, 2.24) is 4.90 Å². The zero-order valence-electron chi connectivity index (χ0n) is 10.2. The number of hydrogen-bond acceptors (Lipinski definition) is 2. The number of carbonyl (C=O) groups excluding carboxylic acids is 1. The zero-order valence-corrected chi connectivity index (χ0v) is 11.7. The van der Waals surface area contributed by atoms with E-state index in [0.29, 0.717) is 34.6 Å². The topological polar surface area (TPSA) is 46.3 Å². The van der Waals surface area contributed by atoms with E-state index in [2.05, 4.69) is 0 Å². The highest BCUT2D eigenvalue weighted by atomic mass is 35.5. The maximum Gasteiger partial charge on any atom is 0.255 e. The summed E-state index contributed by atoms with van der Waals surface area (Å²) in [6, 6.07) is 5.14. The minimum atomic E-state index is -0.0639. The molecule has 2 N–H and O–H groups in total. The molecule has 2 atom stereocenters. The number of hydrogen-bond donors (Lipinski definition) is 1. The molecule has 1 amide bonds. The third kappa shape index (κ3) is 2.63. The summed E-state index contributed by atoms with van der Waals surface area (Å²) in [4.78, 5) is 14.3. The van der Waals surface area contributed by atoms with Gasteiger partial charge in [-0.3, -0.25) is 4.79 Å². The van der Waals surface area contributed by atoms with E-state index in [1.165, 1.54) is 0 Å². The summed E-state index contributed by atoms with van der Waals surface area (Å²) in [5, 5.41) is 0.956. The van der Waals surface area contributed by atoms with Crippen LogP contribution in [0.5, 0.6) is 0 Å². The van der Waals surface area contributed by atoms with Crippen molar-refractivity contribution in [1.29, 1.82) is 0 Å². The van der Waals surface area contributed by atoms with Crippen molar-refractivity contribution in [3.63, 3.8) is 0 Å². The van der Waals surface area contributed by atoms with Crippen LogP contribution in [0.25, 0.3) is 0 Å². The molecule has 0 radical (unpaired) electrons. The molecule has 5 heteroatoms. The molecular weight excluding hydrogens is 271 g/mol. The van der Waals surface area contributed by atoms with Crippen LogP contribution in [0.15, 0.2) is 18.2 Å². The predicted molar refractivity (Wildman–Crippen MR) is 74.1 cm³/mol. The number of carbonyl (C=O) groups is 1. The van der Waals surface area contributed by atoms with Gasteiger partial charge in [0, 0.05) is 17.6 Å². The van der Waals surface area contributed by atoms with Crippen LogP contribution < -0.4 is 5.73 Å². The van der Waals surface area contributed by atoms with Gasteiger partial charge in [-0.2, -0.15) is 0 Å². The lowest BCUT2D eigenvalue weighted by Gasteiger charge is -2.22. The van der Waals surface area contributed by atoms with Crippen molar-refractivity contribution in [3.8, 4) is 0 Å². The van der Waals surface area contributed by atoms with Gasteiger partial charge in [-0.05, 0) is 44.0 Å². The van der Waals surface area contributed by atoms with E-state index in [1.807, 2.05) is 11.8 Å². The van der Waals surface area contributed by atoms with Gasteiger partial charge >= 0.3 is 0 Å². The molecule has 18 heavy (non-hydrogen) atoms. The predicted octanol–water partition coefficient (Wildman–Crippen LogP) is 2.80. The van der Waals surface area contributed by atoms with E-state index < -0.39 is 0 Å². The molecule has 1 heterocycles. The summed E-state index contributed by atoms with van der Waals surface area (Å²) >= 11 is 12.0. The van der Waals surface area contributed by atoms with E-state index in [9.17, 15) is 4.79 Å². The molecule has 1 aliphatic heterocycles. The van der Waals surface area contributed by atoms with Crippen LogP contribution in [0.4, 0.5) is 0 Å². The summed E-state index contributed by atoms with van der Waals surface area (Å²) in [7, 11) is 0. The molecule has 2 rings (SSSR count). The SMILES string of the molecule is CC1CC(CN)CN1C(=O)c1cc(Cl)ccc1Cl. The molecule has 98 valence electrons. The van der Waals surface area contributed by atoms with Crippen LogP contribution >= 0.6 is 23.2 Å². The van der Waals surface area contributed by atoms with Crippen LogP contribution in [0.2, 0.25) is 10.0 Å². The van der Waals surface area contributed by atoms with Gasteiger partial charge in [0.15, 0.2) is 0 Å². The molecule has 2 unspecified atom stereocenters. The fourth-order valence-electron chi connectivity index (χ4n) is 2.41. The fraction of sp³-hybridized carbons (Fsp3) is 0.462. The van der Waals surface area contributed by atoms with Gasteiger partial charge in [0.25, 0.3) is 5.91 Å². The Bertz CT molecular complexity index is 464. The molecule has 1 aromatic rings. The fourth-order valence-corrected chi connectivity index (χ4v) is 2.78. The van der Waals surface area contributed by atoms with Crippen molar-refractivity contribution in [2.24, 2.45) is 11.7 Å². The highest BCUT2D eigenvalue weighted by Gasteiger charge is 2.32. The first-order chi connectivity index (χ1) is 8.52. The summed E-state index contributed by atoms with van der Waals surface area (Å²) < 4.78 is 0. The van der Waals surface area contributed by atoms with Gasteiger partial charge in [-0.1, -0.05) is 23.2 Å². The average molecular weight is 287 g/mol. The van der Waals surface area contributed by atoms with Crippen LogP contribution in [0, 0.1) is 5.92 Å². The van der Waals surface area contributed by atoms with Crippen molar-refractivity contribution in [2.75, 3.05) is 13.1 Å². The largest absolute Gasteiger partial charge is 0.336 e. The lowest BCUT2D eigenvalue weighted by Crippen LogP contribution is -2.34. The summed E-state index contributed by atoms with van der Waals surface area (Å²) in [6.45, 7) is 3.34. The first kappa shape index (κ1) is 13.7. The van der Waals surface area contributed by atoms with E-state index in [0.717, 1.165) is 6.42 Å². The van der Waals surface area contributed by atoms with Crippen molar-refractivity contribution >= 4 is 29.1 Å². The molecular formula is C13H16Cl2N2O. The molecule has 0 spiro atoms. The minimum Gasteiger partial charge on any atom is -0.336 e. The second-order valence-electron chi connectivity index (χ2n) is 4.77. The zero-order chi connectivity index (χ0) is 13.3. The standard InChI is InChI=1S/C13H16Cl2N2O/c1-8-4-9(6-16)7-17(8)13(18)11-5-10(14)2-3-12(11)15/h2-3,5,8-9H,4,6-7,16H2,1H3. The number of nitrogens with two attached hydrogens (primary N) is 1. The van der Waals surface area contributed by atoms with Gasteiger partial charge in [0.2, 0.25) is 0 Å². The lowest BCUT2D eigenvalue weighted by molar-refractivity contribution is 0.0743. The molecule has 1 fully saturated rings. The molecule has 3 nitrogen and oxygen atoms in total. The molecule has 1 aliphatic rings. The number of benzene rings is 1. The Morgan fingerprint density at radius 3 is 2.83 bits per heavy atom. The molecule has 0 aromatic heterocycles. The van der Waals surface area contributed by atoms with Crippen LogP contribution in [0.1, 0.15) is 23.7 Å². The Morgan fingerprint density at radius 2 is 2.22 bits per heavy atom. The quantitative estimate of drug-likeness (QED) is 0.909. The molecule has 1 saturated heterocycles. The Labute approximate surface area is 117 Å². The van der Waals surface area contributed by atoms with Crippen LogP contribution in [-0.2, 0) is 0 Å². The maximum atomic E-state index is 12.4. The first-order valence-corrected chi connectivity index (χ1v) is 6.74. The Balaban J connectivity index is 2.24. The number of nitrogens with zero attached hydrogens (tertiary/aromatic N) is 1. The highest BCUT2D eigenvalue weighted by Crippen LogP contribution is 2.28. The van der Waals surface area contributed by atoms with Gasteiger partial charge in [-0.25, -0.2) is 0 Å². The monoisotopic (exact) mass is 286 g/mol.